The van der Waals surface area contributed by atoms with Crippen LogP contribution in [0.5, 0.6) is 0 Å². The van der Waals surface area contributed by atoms with Gasteiger partial charge in [0.05, 0.1) is 5.69 Å². The third-order valence-electron chi connectivity index (χ3n) is 2.23. The van der Waals surface area contributed by atoms with Crippen LogP contribution >= 0.6 is 0 Å². The van der Waals surface area contributed by atoms with Crippen molar-refractivity contribution in [2.45, 2.75) is 0 Å². The van der Waals surface area contributed by atoms with Crippen LogP contribution in [0.4, 0.5) is 14.5 Å². The number of H-pyrrole nitrogens is 1. The number of anilines is 1. The third-order valence-corrected chi connectivity index (χ3v) is 2.23. The predicted molar refractivity (Wildman–Crippen MR) is 60.1 cm³/mol. The number of rotatable bonds is 3. The van der Waals surface area contributed by atoms with Crippen LogP contribution in [0.25, 0.3) is 0 Å². The van der Waals surface area contributed by atoms with Crippen molar-refractivity contribution in [1.29, 1.82) is 0 Å². The number of Topliss-reactive ketones (excluding diaryl/α,β-unsaturated/α-hetero) is 1. The van der Waals surface area contributed by atoms with Crippen molar-refractivity contribution in [1.82, 2.24) is 4.98 Å². The topological polar surface area (TPSA) is 62.0 Å². The molecule has 2 aromatic rings. The zero-order valence-corrected chi connectivity index (χ0v) is 9.04. The van der Waals surface area contributed by atoms with Crippen LogP contribution in [-0.2, 0) is 4.79 Å². The largest absolute Gasteiger partial charge is 0.358 e. The molecule has 0 spiro atoms. The number of nitrogens with one attached hydrogen (secondary N) is 2. The van der Waals surface area contributed by atoms with E-state index in [0.29, 0.717) is 0 Å². The van der Waals surface area contributed by atoms with E-state index in [1.165, 1.54) is 12.3 Å². The molecule has 1 aromatic heterocycles. The molecule has 0 atom stereocenters. The summed E-state index contributed by atoms with van der Waals surface area (Å²) in [5.74, 6) is -3.84. The number of carbonyl (C=O) groups excluding carboxylic acids is 2. The fraction of sp³-hybridized carbons (Fsp3) is 0. The average molecular weight is 250 g/mol. The van der Waals surface area contributed by atoms with Crippen molar-refractivity contribution in [3.05, 3.63) is 53.9 Å². The number of benzene rings is 1. The number of aromatic amines is 1. The van der Waals surface area contributed by atoms with E-state index in [-0.39, 0.29) is 11.4 Å². The molecule has 4 nitrogen and oxygen atoms in total. The van der Waals surface area contributed by atoms with Crippen LogP contribution in [0.1, 0.15) is 10.5 Å². The van der Waals surface area contributed by atoms with Gasteiger partial charge in [-0.05, 0) is 24.3 Å². The quantitative estimate of drug-likeness (QED) is 0.647. The standard InChI is InChI=1S/C12H8F2N2O2/c13-8-4-3-7(6-9(8)14)16-12(18)11(17)10-2-1-5-15-10/h1-6,15H,(H,16,18). The minimum atomic E-state index is -1.10. The summed E-state index contributed by atoms with van der Waals surface area (Å²) in [4.78, 5) is 25.6. The molecular weight excluding hydrogens is 242 g/mol. The van der Waals surface area contributed by atoms with Gasteiger partial charge in [-0.15, -0.1) is 0 Å². The second kappa shape index (κ2) is 4.79. The van der Waals surface area contributed by atoms with Gasteiger partial charge in [0.25, 0.3) is 11.7 Å². The molecule has 0 aliphatic heterocycles. The molecule has 0 saturated carbocycles. The minimum absolute atomic E-state index is 0.0128. The number of carbonyl (C=O) groups is 2. The van der Waals surface area contributed by atoms with Gasteiger partial charge in [0.2, 0.25) is 0 Å². The lowest BCUT2D eigenvalue weighted by atomic mass is 10.2. The molecule has 0 fully saturated rings. The molecule has 1 amide bonds. The molecule has 0 saturated heterocycles. The van der Waals surface area contributed by atoms with Gasteiger partial charge in [-0.3, -0.25) is 9.59 Å². The Bertz CT molecular complexity index is 594. The molecule has 0 radical (unpaired) electrons. The summed E-state index contributed by atoms with van der Waals surface area (Å²) in [5, 5.41) is 2.18. The lowest BCUT2D eigenvalue weighted by Gasteiger charge is -2.03. The van der Waals surface area contributed by atoms with Crippen molar-refractivity contribution < 1.29 is 18.4 Å². The van der Waals surface area contributed by atoms with Gasteiger partial charge in [0.1, 0.15) is 0 Å². The number of hydrogen-bond acceptors (Lipinski definition) is 2. The molecule has 6 heteroatoms. The fourth-order valence-corrected chi connectivity index (χ4v) is 1.36. The van der Waals surface area contributed by atoms with Crippen LogP contribution in [0.2, 0.25) is 0 Å². The van der Waals surface area contributed by atoms with E-state index in [2.05, 4.69) is 10.3 Å². The zero-order chi connectivity index (χ0) is 13.1. The van der Waals surface area contributed by atoms with Crippen molar-refractivity contribution in [3.63, 3.8) is 0 Å². The first-order chi connectivity index (χ1) is 8.58. The van der Waals surface area contributed by atoms with Gasteiger partial charge in [-0.2, -0.15) is 0 Å². The highest BCUT2D eigenvalue weighted by Crippen LogP contribution is 2.13. The second-order valence-corrected chi connectivity index (χ2v) is 3.50. The Kier molecular flexibility index (Phi) is 3.18. The first-order valence-corrected chi connectivity index (χ1v) is 5.02. The van der Waals surface area contributed by atoms with Gasteiger partial charge in [-0.25, -0.2) is 8.78 Å². The summed E-state index contributed by atoms with van der Waals surface area (Å²) in [6.07, 6.45) is 1.50. The number of aromatic nitrogens is 1. The minimum Gasteiger partial charge on any atom is -0.358 e. The van der Waals surface area contributed by atoms with Gasteiger partial charge < -0.3 is 10.3 Å². The Labute approximate surface area is 101 Å². The molecule has 18 heavy (non-hydrogen) atoms. The molecule has 2 N–H and O–H groups in total. The smallest absolute Gasteiger partial charge is 0.298 e. The Balaban J connectivity index is 2.12. The number of halogens is 2. The van der Waals surface area contributed by atoms with Crippen molar-refractivity contribution >= 4 is 17.4 Å². The maximum atomic E-state index is 12.9. The first-order valence-electron chi connectivity index (χ1n) is 5.02. The van der Waals surface area contributed by atoms with E-state index in [9.17, 15) is 18.4 Å². The summed E-state index contributed by atoms with van der Waals surface area (Å²) in [5.41, 5.74) is 0.133. The van der Waals surface area contributed by atoms with E-state index in [1.54, 1.807) is 6.07 Å². The number of amides is 1. The highest BCUT2D eigenvalue weighted by atomic mass is 19.2. The van der Waals surface area contributed by atoms with Gasteiger partial charge >= 0.3 is 0 Å². The highest BCUT2D eigenvalue weighted by Gasteiger charge is 2.17. The van der Waals surface area contributed by atoms with E-state index in [0.717, 1.165) is 18.2 Å². The first kappa shape index (κ1) is 12.0. The molecule has 0 aliphatic rings. The highest BCUT2D eigenvalue weighted by molar-refractivity contribution is 6.46. The van der Waals surface area contributed by atoms with Gasteiger partial charge in [-0.1, -0.05) is 0 Å². The molecular formula is C12H8F2N2O2. The van der Waals surface area contributed by atoms with Crippen LogP contribution in [-0.4, -0.2) is 16.7 Å². The zero-order valence-electron chi connectivity index (χ0n) is 9.04. The Morgan fingerprint density at radius 2 is 1.89 bits per heavy atom. The monoisotopic (exact) mass is 250 g/mol. The van der Waals surface area contributed by atoms with Crippen LogP contribution in [0.3, 0.4) is 0 Å². The maximum absolute atomic E-state index is 12.9. The van der Waals surface area contributed by atoms with Crippen LogP contribution in [0.15, 0.2) is 36.5 Å². The number of hydrogen-bond donors (Lipinski definition) is 2. The van der Waals surface area contributed by atoms with E-state index in [4.69, 9.17) is 0 Å². The Morgan fingerprint density at radius 1 is 1.11 bits per heavy atom. The SMILES string of the molecule is O=C(Nc1ccc(F)c(F)c1)C(=O)c1ccc[nH]1. The molecule has 1 heterocycles. The van der Waals surface area contributed by atoms with Gasteiger partial charge in [0.15, 0.2) is 11.6 Å². The lowest BCUT2D eigenvalue weighted by molar-refractivity contribution is -0.112. The average Bonchev–Trinajstić information content (AvgIpc) is 2.86. The molecule has 0 bridgehead atoms. The molecule has 0 unspecified atom stereocenters. The molecule has 92 valence electrons. The van der Waals surface area contributed by atoms with E-state index < -0.39 is 23.3 Å². The molecule has 0 aliphatic carbocycles. The Hall–Kier alpha value is -2.50. The van der Waals surface area contributed by atoms with Crippen molar-refractivity contribution in [2.75, 3.05) is 5.32 Å². The lowest BCUT2D eigenvalue weighted by Crippen LogP contribution is -2.23. The van der Waals surface area contributed by atoms with E-state index in [1.807, 2.05) is 0 Å². The van der Waals surface area contributed by atoms with Gasteiger partial charge in [0, 0.05) is 18.0 Å². The number of ketones is 1. The normalized spacial score (nSPS) is 10.1. The summed E-state index contributed by atoms with van der Waals surface area (Å²) in [6.45, 7) is 0. The summed E-state index contributed by atoms with van der Waals surface area (Å²) in [7, 11) is 0. The van der Waals surface area contributed by atoms with E-state index >= 15 is 0 Å². The van der Waals surface area contributed by atoms with Crippen molar-refractivity contribution in [3.8, 4) is 0 Å². The van der Waals surface area contributed by atoms with Crippen LogP contribution in [0, 0.1) is 11.6 Å². The molecule has 1 aromatic carbocycles. The second-order valence-electron chi connectivity index (χ2n) is 3.50. The third kappa shape index (κ3) is 2.42. The maximum Gasteiger partial charge on any atom is 0.298 e. The summed E-state index contributed by atoms with van der Waals surface area (Å²) in [6, 6.07) is 5.84. The summed E-state index contributed by atoms with van der Waals surface area (Å²) >= 11 is 0. The predicted octanol–water partition coefficient (Wildman–Crippen LogP) is 2.11. The fourth-order valence-electron chi connectivity index (χ4n) is 1.36. The summed E-state index contributed by atoms with van der Waals surface area (Å²) < 4.78 is 25.5. The van der Waals surface area contributed by atoms with Crippen molar-refractivity contribution in [2.24, 2.45) is 0 Å². The van der Waals surface area contributed by atoms with Crippen LogP contribution < -0.4 is 5.32 Å². The molecule has 2 rings (SSSR count). The Morgan fingerprint density at radius 3 is 2.50 bits per heavy atom.